The van der Waals surface area contributed by atoms with Gasteiger partial charge in [0.1, 0.15) is 28.8 Å². The van der Waals surface area contributed by atoms with E-state index in [0.717, 1.165) is 18.2 Å². The van der Waals surface area contributed by atoms with Crippen molar-refractivity contribution in [3.05, 3.63) is 59.1 Å². The van der Waals surface area contributed by atoms with Gasteiger partial charge in [0.05, 0.1) is 13.0 Å². The maximum atomic E-state index is 13.5. The van der Waals surface area contributed by atoms with Gasteiger partial charge < -0.3 is 14.8 Å². The minimum Gasteiger partial charge on any atom is -0.463 e. The third-order valence-electron chi connectivity index (χ3n) is 3.26. The summed E-state index contributed by atoms with van der Waals surface area (Å²) in [6.07, 6.45) is -0.309. The van der Waals surface area contributed by atoms with Gasteiger partial charge in [0.2, 0.25) is 5.91 Å². The Morgan fingerprint density at radius 3 is 2.68 bits per heavy atom. The van der Waals surface area contributed by atoms with Gasteiger partial charge >= 0.3 is 0 Å². The van der Waals surface area contributed by atoms with Crippen LogP contribution < -0.4 is 5.32 Å². The molecule has 1 aromatic heterocycles. The summed E-state index contributed by atoms with van der Waals surface area (Å²) >= 11 is 0. The second kappa shape index (κ2) is 6.27. The zero-order valence-electron chi connectivity index (χ0n) is 12.3. The molecule has 0 saturated heterocycles. The van der Waals surface area contributed by atoms with Crippen LogP contribution in [0.2, 0.25) is 0 Å². The standard InChI is InChI=1S/C16H17F2NO3/c1-10-3-6-14(22-10)16(2,21)9-19-15(20)8-11-7-12(17)4-5-13(11)18/h3-7,21H,8-9H2,1-2H3,(H,19,20). The Balaban J connectivity index is 1.96. The van der Waals surface area contributed by atoms with E-state index in [4.69, 9.17) is 4.42 Å². The van der Waals surface area contributed by atoms with Gasteiger partial charge in [0, 0.05) is 5.56 Å². The normalized spacial score (nSPS) is 13.7. The molecule has 1 amide bonds. The van der Waals surface area contributed by atoms with Crippen LogP contribution in [-0.2, 0) is 16.8 Å². The lowest BCUT2D eigenvalue weighted by molar-refractivity contribution is -0.121. The molecule has 1 atom stereocenters. The van der Waals surface area contributed by atoms with Crippen LogP contribution in [0.4, 0.5) is 8.78 Å². The number of benzene rings is 1. The lowest BCUT2D eigenvalue weighted by Crippen LogP contribution is -2.39. The molecule has 1 unspecified atom stereocenters. The van der Waals surface area contributed by atoms with E-state index in [1.54, 1.807) is 19.1 Å². The van der Waals surface area contributed by atoms with Crippen molar-refractivity contribution in [3.8, 4) is 0 Å². The molecule has 0 fully saturated rings. The zero-order chi connectivity index (χ0) is 16.3. The molecule has 6 heteroatoms. The fourth-order valence-electron chi connectivity index (χ4n) is 2.00. The Labute approximate surface area is 126 Å². The average molecular weight is 309 g/mol. The molecule has 4 nitrogen and oxygen atoms in total. The number of carbonyl (C=O) groups is 1. The van der Waals surface area contributed by atoms with Crippen LogP contribution in [0.5, 0.6) is 0 Å². The molecule has 2 N–H and O–H groups in total. The molecular formula is C16H17F2NO3. The fourth-order valence-corrected chi connectivity index (χ4v) is 2.00. The number of amides is 1. The van der Waals surface area contributed by atoms with Crippen LogP contribution in [-0.4, -0.2) is 17.6 Å². The molecule has 1 aromatic carbocycles. The van der Waals surface area contributed by atoms with E-state index in [9.17, 15) is 18.7 Å². The number of nitrogens with one attached hydrogen (secondary N) is 1. The summed E-state index contributed by atoms with van der Waals surface area (Å²) in [5, 5.41) is 12.8. The van der Waals surface area contributed by atoms with Crippen LogP contribution in [0.15, 0.2) is 34.7 Å². The summed E-state index contributed by atoms with van der Waals surface area (Å²) in [5.41, 5.74) is -1.42. The van der Waals surface area contributed by atoms with E-state index >= 15 is 0 Å². The van der Waals surface area contributed by atoms with E-state index in [2.05, 4.69) is 5.32 Å². The summed E-state index contributed by atoms with van der Waals surface area (Å²) in [4.78, 5) is 11.8. The first-order valence-electron chi connectivity index (χ1n) is 6.78. The maximum absolute atomic E-state index is 13.5. The predicted molar refractivity (Wildman–Crippen MR) is 76.1 cm³/mol. The lowest BCUT2D eigenvalue weighted by Gasteiger charge is -2.21. The second-order valence-corrected chi connectivity index (χ2v) is 5.37. The maximum Gasteiger partial charge on any atom is 0.224 e. The third-order valence-corrected chi connectivity index (χ3v) is 3.26. The molecule has 2 aromatic rings. The smallest absolute Gasteiger partial charge is 0.224 e. The van der Waals surface area contributed by atoms with Gasteiger partial charge in [0.15, 0.2) is 0 Å². The van der Waals surface area contributed by atoms with E-state index in [1.165, 1.54) is 6.92 Å². The number of aliphatic hydroxyl groups is 1. The quantitative estimate of drug-likeness (QED) is 0.891. The molecule has 0 aliphatic heterocycles. The van der Waals surface area contributed by atoms with Crippen LogP contribution in [0.3, 0.4) is 0 Å². The predicted octanol–water partition coefficient (Wildman–Crippen LogP) is 2.43. The second-order valence-electron chi connectivity index (χ2n) is 5.37. The van der Waals surface area contributed by atoms with Crippen molar-refractivity contribution in [1.29, 1.82) is 0 Å². The summed E-state index contributed by atoms with van der Waals surface area (Å²) in [6, 6.07) is 6.25. The molecule has 0 aliphatic rings. The van der Waals surface area contributed by atoms with Crippen molar-refractivity contribution in [2.75, 3.05) is 6.54 Å². The number of aryl methyl sites for hydroxylation is 1. The van der Waals surface area contributed by atoms with E-state index in [-0.39, 0.29) is 18.5 Å². The van der Waals surface area contributed by atoms with E-state index in [0.29, 0.717) is 11.5 Å². The number of hydrogen-bond donors (Lipinski definition) is 2. The van der Waals surface area contributed by atoms with E-state index < -0.39 is 23.1 Å². The Morgan fingerprint density at radius 1 is 1.32 bits per heavy atom. The zero-order valence-corrected chi connectivity index (χ0v) is 12.3. The summed E-state index contributed by atoms with van der Waals surface area (Å²) < 4.78 is 31.8. The molecule has 0 aliphatic carbocycles. The molecule has 0 spiro atoms. The average Bonchev–Trinajstić information content (AvgIpc) is 2.88. The fraction of sp³-hybridized carbons (Fsp3) is 0.312. The van der Waals surface area contributed by atoms with Gasteiger partial charge in [-0.3, -0.25) is 4.79 Å². The SMILES string of the molecule is Cc1ccc(C(C)(O)CNC(=O)Cc2cc(F)ccc2F)o1. The monoisotopic (exact) mass is 309 g/mol. The highest BCUT2D eigenvalue weighted by Gasteiger charge is 2.27. The number of halogens is 2. The van der Waals surface area contributed by atoms with E-state index in [1.807, 2.05) is 0 Å². The molecule has 0 saturated carbocycles. The van der Waals surface area contributed by atoms with Crippen LogP contribution in [0.1, 0.15) is 24.0 Å². The van der Waals surface area contributed by atoms with Crippen molar-refractivity contribution < 1.29 is 23.1 Å². The first kappa shape index (κ1) is 16.2. The number of rotatable bonds is 5. The Morgan fingerprint density at radius 2 is 2.05 bits per heavy atom. The van der Waals surface area contributed by atoms with Crippen LogP contribution >= 0.6 is 0 Å². The minimum atomic E-state index is -1.38. The summed E-state index contributed by atoms with van der Waals surface area (Å²) in [5.74, 6) is -0.814. The molecule has 118 valence electrons. The molecule has 22 heavy (non-hydrogen) atoms. The van der Waals surface area contributed by atoms with Crippen molar-refractivity contribution >= 4 is 5.91 Å². The first-order chi connectivity index (χ1) is 10.3. The van der Waals surface area contributed by atoms with Gasteiger partial charge in [-0.25, -0.2) is 8.78 Å². The molecule has 1 heterocycles. The minimum absolute atomic E-state index is 0.0361. The van der Waals surface area contributed by atoms with Gasteiger partial charge in [0.25, 0.3) is 0 Å². The highest BCUT2D eigenvalue weighted by Crippen LogP contribution is 2.22. The van der Waals surface area contributed by atoms with Crippen molar-refractivity contribution in [3.63, 3.8) is 0 Å². The number of furan rings is 1. The highest BCUT2D eigenvalue weighted by atomic mass is 19.1. The summed E-state index contributed by atoms with van der Waals surface area (Å²) in [6.45, 7) is 3.13. The van der Waals surface area contributed by atoms with Gasteiger partial charge in [-0.15, -0.1) is 0 Å². The van der Waals surface area contributed by atoms with Gasteiger partial charge in [-0.1, -0.05) is 0 Å². The first-order valence-corrected chi connectivity index (χ1v) is 6.78. The van der Waals surface area contributed by atoms with Crippen LogP contribution in [0, 0.1) is 18.6 Å². The molecule has 0 radical (unpaired) electrons. The topological polar surface area (TPSA) is 62.5 Å². The number of hydrogen-bond acceptors (Lipinski definition) is 3. The van der Waals surface area contributed by atoms with Crippen molar-refractivity contribution in [1.82, 2.24) is 5.32 Å². The molecular weight excluding hydrogens is 292 g/mol. The molecule has 0 bridgehead atoms. The number of carbonyl (C=O) groups excluding carboxylic acids is 1. The Bertz CT molecular complexity index is 680. The summed E-state index contributed by atoms with van der Waals surface area (Å²) in [7, 11) is 0. The third kappa shape index (κ3) is 3.92. The largest absolute Gasteiger partial charge is 0.463 e. The van der Waals surface area contributed by atoms with Crippen molar-refractivity contribution in [2.45, 2.75) is 25.9 Å². The van der Waals surface area contributed by atoms with Gasteiger partial charge in [-0.2, -0.15) is 0 Å². The van der Waals surface area contributed by atoms with Crippen molar-refractivity contribution in [2.24, 2.45) is 0 Å². The van der Waals surface area contributed by atoms with Crippen LogP contribution in [0.25, 0.3) is 0 Å². The highest BCUT2D eigenvalue weighted by molar-refractivity contribution is 5.78. The Hall–Kier alpha value is -2.21. The molecule has 2 rings (SSSR count). The van der Waals surface area contributed by atoms with Gasteiger partial charge in [-0.05, 0) is 44.2 Å². The Kier molecular flexibility index (Phi) is 4.61. The lowest BCUT2D eigenvalue weighted by atomic mass is 10.0.